The van der Waals surface area contributed by atoms with Gasteiger partial charge in [-0.15, -0.1) is 0 Å². The van der Waals surface area contributed by atoms with Crippen LogP contribution in [0.15, 0.2) is 64.6 Å². The molecule has 0 amide bonds. The topological polar surface area (TPSA) is 74.7 Å². The summed E-state index contributed by atoms with van der Waals surface area (Å²) in [6.45, 7) is 5.33. The molecule has 3 heterocycles. The van der Waals surface area contributed by atoms with Crippen LogP contribution in [0, 0.1) is 0 Å². The number of benzene rings is 1. The van der Waals surface area contributed by atoms with Gasteiger partial charge in [0.05, 0.1) is 17.6 Å². The lowest BCUT2D eigenvalue weighted by atomic mass is 10.3. The Morgan fingerprint density at radius 2 is 1.96 bits per heavy atom. The number of piperazine rings is 1. The Morgan fingerprint density at radius 3 is 2.68 bits per heavy atom. The molecule has 1 saturated heterocycles. The van der Waals surface area contributed by atoms with Gasteiger partial charge in [0.25, 0.3) is 0 Å². The summed E-state index contributed by atoms with van der Waals surface area (Å²) in [7, 11) is 1.83. The number of guanidine groups is 1. The van der Waals surface area contributed by atoms with Crippen LogP contribution in [-0.2, 0) is 13.1 Å². The second-order valence-corrected chi connectivity index (χ2v) is 6.78. The maximum absolute atomic E-state index is 4.91. The summed E-state index contributed by atoms with van der Waals surface area (Å²) in [6.07, 6.45) is 5.56. The van der Waals surface area contributed by atoms with Gasteiger partial charge < -0.3 is 14.7 Å². The molecule has 4 rings (SSSR count). The zero-order valence-electron chi connectivity index (χ0n) is 16.0. The van der Waals surface area contributed by atoms with E-state index < -0.39 is 0 Å². The van der Waals surface area contributed by atoms with Gasteiger partial charge in [0, 0.05) is 64.1 Å². The van der Waals surface area contributed by atoms with Crippen LogP contribution in [0.5, 0.6) is 0 Å². The first-order valence-electron chi connectivity index (χ1n) is 9.48. The van der Waals surface area contributed by atoms with Crippen molar-refractivity contribution in [1.82, 2.24) is 30.1 Å². The number of nitrogens with one attached hydrogen (secondary N) is 1. The molecule has 146 valence electrons. The van der Waals surface area contributed by atoms with Crippen molar-refractivity contribution >= 4 is 5.96 Å². The van der Waals surface area contributed by atoms with Crippen molar-refractivity contribution in [3.8, 4) is 5.69 Å². The largest absolute Gasteiger partial charge is 0.364 e. The Bertz CT molecular complexity index is 880. The van der Waals surface area contributed by atoms with Crippen LogP contribution in [-0.4, -0.2) is 63.9 Å². The molecule has 3 aromatic rings. The lowest BCUT2D eigenvalue weighted by Gasteiger charge is -2.36. The van der Waals surface area contributed by atoms with Crippen molar-refractivity contribution in [2.24, 2.45) is 4.99 Å². The van der Waals surface area contributed by atoms with E-state index in [4.69, 9.17) is 4.52 Å². The highest BCUT2D eigenvalue weighted by molar-refractivity contribution is 5.80. The Labute approximate surface area is 164 Å². The molecule has 8 nitrogen and oxygen atoms in total. The molecular formula is C20H25N7O. The Balaban J connectivity index is 1.28. The monoisotopic (exact) mass is 379 g/mol. The van der Waals surface area contributed by atoms with E-state index in [0.717, 1.165) is 55.6 Å². The first-order valence-corrected chi connectivity index (χ1v) is 9.48. The number of hydrogen-bond acceptors (Lipinski definition) is 5. The molecule has 2 aromatic heterocycles. The van der Waals surface area contributed by atoms with Crippen molar-refractivity contribution in [1.29, 1.82) is 0 Å². The molecule has 0 spiro atoms. The van der Waals surface area contributed by atoms with E-state index in [1.54, 1.807) is 6.26 Å². The summed E-state index contributed by atoms with van der Waals surface area (Å²) < 4.78 is 6.80. The highest BCUT2D eigenvalue weighted by atomic mass is 16.5. The highest BCUT2D eigenvalue weighted by Crippen LogP contribution is 2.09. The summed E-state index contributed by atoms with van der Waals surface area (Å²) in [5.41, 5.74) is 3.16. The van der Waals surface area contributed by atoms with Crippen LogP contribution in [0.4, 0.5) is 0 Å². The third kappa shape index (κ3) is 4.40. The number of para-hydroxylation sites is 1. The molecule has 28 heavy (non-hydrogen) atoms. The second kappa shape index (κ2) is 8.71. The van der Waals surface area contributed by atoms with Gasteiger partial charge in [-0.25, -0.2) is 4.68 Å². The molecule has 0 saturated carbocycles. The molecule has 8 heteroatoms. The van der Waals surface area contributed by atoms with Gasteiger partial charge in [0.1, 0.15) is 6.26 Å². The number of aromatic nitrogens is 3. The highest BCUT2D eigenvalue weighted by Gasteiger charge is 2.20. The Morgan fingerprint density at radius 1 is 1.14 bits per heavy atom. The van der Waals surface area contributed by atoms with E-state index in [9.17, 15) is 0 Å². The molecule has 1 aliphatic rings. The minimum Gasteiger partial charge on any atom is -0.364 e. The fraction of sp³-hybridized carbons (Fsp3) is 0.350. The standard InChI is InChI=1S/C20H25N7O/c1-21-20(26-10-8-25(9-11-26)16-18-7-12-28-24-18)22-13-17-14-23-27(15-17)19-5-3-2-4-6-19/h2-7,12,14-15H,8-11,13,16H2,1H3,(H,21,22). The minimum absolute atomic E-state index is 0.693. The molecule has 1 aliphatic heterocycles. The molecule has 1 fully saturated rings. The second-order valence-electron chi connectivity index (χ2n) is 6.78. The minimum atomic E-state index is 0.693. The molecule has 0 aliphatic carbocycles. The predicted molar refractivity (Wildman–Crippen MR) is 107 cm³/mol. The van der Waals surface area contributed by atoms with Gasteiger partial charge in [-0.1, -0.05) is 23.4 Å². The summed E-state index contributed by atoms with van der Waals surface area (Å²) >= 11 is 0. The van der Waals surface area contributed by atoms with Crippen LogP contribution in [0.3, 0.4) is 0 Å². The van der Waals surface area contributed by atoms with Crippen LogP contribution in [0.2, 0.25) is 0 Å². The number of rotatable bonds is 5. The molecule has 1 aromatic carbocycles. The number of nitrogens with zero attached hydrogens (tertiary/aromatic N) is 6. The molecule has 1 N–H and O–H groups in total. The van der Waals surface area contributed by atoms with Crippen molar-refractivity contribution in [2.75, 3.05) is 33.2 Å². The van der Waals surface area contributed by atoms with Crippen molar-refractivity contribution in [2.45, 2.75) is 13.1 Å². The van der Waals surface area contributed by atoms with Gasteiger partial charge >= 0.3 is 0 Å². The lowest BCUT2D eigenvalue weighted by molar-refractivity contribution is 0.169. The van der Waals surface area contributed by atoms with Crippen LogP contribution in [0.1, 0.15) is 11.3 Å². The maximum Gasteiger partial charge on any atom is 0.194 e. The molecule has 0 unspecified atom stereocenters. The smallest absolute Gasteiger partial charge is 0.194 e. The van der Waals surface area contributed by atoms with E-state index >= 15 is 0 Å². The Kier molecular flexibility index (Phi) is 5.67. The van der Waals surface area contributed by atoms with Gasteiger partial charge in [-0.2, -0.15) is 5.10 Å². The number of aliphatic imine (C=N–C) groups is 1. The molecule has 0 radical (unpaired) electrons. The zero-order valence-corrected chi connectivity index (χ0v) is 16.0. The zero-order chi connectivity index (χ0) is 19.2. The van der Waals surface area contributed by atoms with E-state index in [1.807, 2.05) is 60.5 Å². The van der Waals surface area contributed by atoms with E-state index in [-0.39, 0.29) is 0 Å². The lowest BCUT2D eigenvalue weighted by Crippen LogP contribution is -2.52. The van der Waals surface area contributed by atoms with Gasteiger partial charge in [0.15, 0.2) is 5.96 Å². The summed E-state index contributed by atoms with van der Waals surface area (Å²) in [5.74, 6) is 0.925. The Hall–Kier alpha value is -3.13. The molecular weight excluding hydrogens is 354 g/mol. The fourth-order valence-electron chi connectivity index (χ4n) is 3.35. The third-order valence-electron chi connectivity index (χ3n) is 4.87. The number of hydrogen-bond donors (Lipinski definition) is 1. The first kappa shape index (κ1) is 18.2. The summed E-state index contributed by atoms with van der Waals surface area (Å²) in [4.78, 5) is 9.12. The summed E-state index contributed by atoms with van der Waals surface area (Å²) in [5, 5.41) is 11.9. The molecule has 0 atom stereocenters. The van der Waals surface area contributed by atoms with Gasteiger partial charge in [0.2, 0.25) is 0 Å². The average Bonchev–Trinajstić information content (AvgIpc) is 3.42. The maximum atomic E-state index is 4.91. The molecule has 0 bridgehead atoms. The normalized spacial score (nSPS) is 15.8. The quantitative estimate of drug-likeness (QED) is 0.538. The van der Waals surface area contributed by atoms with Crippen LogP contribution in [0.25, 0.3) is 5.69 Å². The van der Waals surface area contributed by atoms with Crippen LogP contribution >= 0.6 is 0 Å². The van der Waals surface area contributed by atoms with Gasteiger partial charge in [-0.05, 0) is 12.1 Å². The predicted octanol–water partition coefficient (Wildman–Crippen LogP) is 1.75. The van der Waals surface area contributed by atoms with Crippen molar-refractivity contribution in [3.63, 3.8) is 0 Å². The SMILES string of the molecule is CN=C(NCc1cnn(-c2ccccc2)c1)N1CCN(Cc2ccon2)CC1. The summed E-state index contributed by atoms with van der Waals surface area (Å²) in [6, 6.07) is 12.0. The van der Waals surface area contributed by atoms with Gasteiger partial charge in [-0.3, -0.25) is 9.89 Å². The van der Waals surface area contributed by atoms with E-state index in [2.05, 4.69) is 30.4 Å². The van der Waals surface area contributed by atoms with Crippen molar-refractivity contribution in [3.05, 3.63) is 66.3 Å². The van der Waals surface area contributed by atoms with Crippen molar-refractivity contribution < 1.29 is 4.52 Å². The average molecular weight is 379 g/mol. The van der Waals surface area contributed by atoms with E-state index in [0.29, 0.717) is 6.54 Å². The fourth-order valence-corrected chi connectivity index (χ4v) is 3.35. The van der Waals surface area contributed by atoms with E-state index in [1.165, 1.54) is 0 Å². The first-order chi connectivity index (χ1) is 13.8. The van der Waals surface area contributed by atoms with Crippen LogP contribution < -0.4 is 5.32 Å². The third-order valence-corrected chi connectivity index (χ3v) is 4.87.